The number of sulfonamides is 1. The van der Waals surface area contributed by atoms with Gasteiger partial charge in [-0.15, -0.1) is 0 Å². The summed E-state index contributed by atoms with van der Waals surface area (Å²) < 4.78 is 38.4. The molecule has 0 atom stereocenters. The van der Waals surface area contributed by atoms with Crippen molar-refractivity contribution < 1.29 is 22.4 Å². The van der Waals surface area contributed by atoms with Crippen LogP contribution in [0, 0.1) is 0 Å². The Morgan fingerprint density at radius 1 is 1.03 bits per heavy atom. The minimum absolute atomic E-state index is 0.0438. The molecule has 0 bridgehead atoms. The molecule has 0 unspecified atom stereocenters. The number of aromatic nitrogens is 1. The first-order valence-electron chi connectivity index (χ1n) is 10.8. The van der Waals surface area contributed by atoms with Crippen molar-refractivity contribution in [1.82, 2.24) is 9.29 Å². The van der Waals surface area contributed by atoms with Crippen LogP contribution in [0.3, 0.4) is 0 Å². The number of anilines is 1. The van der Waals surface area contributed by atoms with Gasteiger partial charge < -0.3 is 14.5 Å². The van der Waals surface area contributed by atoms with Crippen molar-refractivity contribution in [1.29, 1.82) is 0 Å². The average Bonchev–Trinajstić information content (AvgIpc) is 3.29. The number of methoxy groups -OCH3 is 1. The molecule has 3 aromatic carbocycles. The molecule has 34 heavy (non-hydrogen) atoms. The van der Waals surface area contributed by atoms with E-state index in [1.807, 2.05) is 24.3 Å². The maximum atomic E-state index is 13.0. The van der Waals surface area contributed by atoms with E-state index in [2.05, 4.69) is 10.3 Å². The highest BCUT2D eigenvalue weighted by Crippen LogP contribution is 2.29. The zero-order chi connectivity index (χ0) is 24.3. The van der Waals surface area contributed by atoms with Crippen molar-refractivity contribution in [2.45, 2.75) is 18.7 Å². The largest absolute Gasteiger partial charge is 0.495 e. The van der Waals surface area contributed by atoms with Gasteiger partial charge in [0.2, 0.25) is 15.9 Å². The number of rotatable bonds is 8. The number of oxazole rings is 1. The smallest absolute Gasteiger partial charge is 0.255 e. The standard InChI is InChI=1S/C25H25N3O5S/c1-4-28(5-2)34(30,31)23-16-18(12-15-22(23)32-3)24(29)26-19-13-10-17(11-14-19)25-27-20-8-6-7-9-21(20)33-25/h6-16H,4-5H2,1-3H3,(H,26,29). The van der Waals surface area contributed by atoms with Crippen molar-refractivity contribution in [3.8, 4) is 17.2 Å². The summed E-state index contributed by atoms with van der Waals surface area (Å²) in [6.07, 6.45) is 0. The Balaban J connectivity index is 1.56. The third kappa shape index (κ3) is 4.52. The lowest BCUT2D eigenvalue weighted by Crippen LogP contribution is -2.31. The van der Waals surface area contributed by atoms with E-state index in [9.17, 15) is 13.2 Å². The summed E-state index contributed by atoms with van der Waals surface area (Å²) in [4.78, 5) is 17.3. The predicted octanol–water partition coefficient (Wildman–Crippen LogP) is 4.79. The average molecular weight is 480 g/mol. The number of carbonyl (C=O) groups excluding carboxylic acids is 1. The molecule has 0 aliphatic rings. The van der Waals surface area contributed by atoms with Crippen LogP contribution in [0.15, 0.2) is 76.0 Å². The van der Waals surface area contributed by atoms with Crippen LogP contribution in [0.1, 0.15) is 24.2 Å². The summed E-state index contributed by atoms with van der Waals surface area (Å²) in [5, 5.41) is 2.80. The van der Waals surface area contributed by atoms with Crippen LogP contribution in [-0.2, 0) is 10.0 Å². The van der Waals surface area contributed by atoms with Crippen molar-refractivity contribution in [2.75, 3.05) is 25.5 Å². The molecule has 0 saturated heterocycles. The van der Waals surface area contributed by atoms with Gasteiger partial charge in [0, 0.05) is 29.9 Å². The Morgan fingerprint density at radius 3 is 2.38 bits per heavy atom. The highest BCUT2D eigenvalue weighted by atomic mass is 32.2. The second kappa shape index (κ2) is 9.66. The molecule has 9 heteroatoms. The fourth-order valence-corrected chi connectivity index (χ4v) is 5.26. The van der Waals surface area contributed by atoms with Gasteiger partial charge in [0.1, 0.15) is 16.2 Å². The van der Waals surface area contributed by atoms with Crippen molar-refractivity contribution in [2.24, 2.45) is 0 Å². The molecule has 4 rings (SSSR count). The van der Waals surface area contributed by atoms with Crippen LogP contribution in [-0.4, -0.2) is 43.8 Å². The van der Waals surface area contributed by atoms with Gasteiger partial charge in [-0.1, -0.05) is 26.0 Å². The number of fused-ring (bicyclic) bond motifs is 1. The number of nitrogens with one attached hydrogen (secondary N) is 1. The fraction of sp³-hybridized carbons (Fsp3) is 0.200. The fourth-order valence-electron chi connectivity index (χ4n) is 3.62. The first kappa shape index (κ1) is 23.5. The van der Waals surface area contributed by atoms with Gasteiger partial charge in [0.25, 0.3) is 5.91 Å². The van der Waals surface area contributed by atoms with Gasteiger partial charge in [-0.25, -0.2) is 13.4 Å². The van der Waals surface area contributed by atoms with E-state index in [1.54, 1.807) is 38.1 Å². The molecular formula is C25H25N3O5S. The molecule has 0 aliphatic heterocycles. The minimum atomic E-state index is -3.81. The van der Waals surface area contributed by atoms with Crippen LogP contribution in [0.5, 0.6) is 5.75 Å². The monoisotopic (exact) mass is 479 g/mol. The quantitative estimate of drug-likeness (QED) is 0.390. The zero-order valence-corrected chi connectivity index (χ0v) is 19.9. The Kier molecular flexibility index (Phi) is 6.67. The maximum Gasteiger partial charge on any atom is 0.255 e. The Labute approximate surface area is 198 Å². The Hall–Kier alpha value is -3.69. The molecule has 0 aliphatic carbocycles. The first-order chi connectivity index (χ1) is 16.4. The normalized spacial score (nSPS) is 11.6. The number of hydrogen-bond acceptors (Lipinski definition) is 6. The number of ether oxygens (including phenoxy) is 1. The molecule has 0 fully saturated rings. The van der Waals surface area contributed by atoms with E-state index in [-0.39, 0.29) is 16.2 Å². The van der Waals surface area contributed by atoms with E-state index >= 15 is 0 Å². The number of hydrogen-bond donors (Lipinski definition) is 1. The summed E-state index contributed by atoms with van der Waals surface area (Å²) >= 11 is 0. The number of nitrogens with zero attached hydrogens (tertiary/aromatic N) is 2. The molecule has 4 aromatic rings. The predicted molar refractivity (Wildman–Crippen MR) is 130 cm³/mol. The number of para-hydroxylation sites is 2. The summed E-state index contributed by atoms with van der Waals surface area (Å²) in [7, 11) is -2.41. The molecule has 1 aromatic heterocycles. The number of benzene rings is 3. The van der Waals surface area contributed by atoms with Crippen LogP contribution < -0.4 is 10.1 Å². The number of amides is 1. The van der Waals surface area contributed by atoms with Crippen LogP contribution in [0.4, 0.5) is 5.69 Å². The van der Waals surface area contributed by atoms with Crippen molar-refractivity contribution in [3.05, 3.63) is 72.3 Å². The van der Waals surface area contributed by atoms with Gasteiger partial charge in [-0.05, 0) is 54.6 Å². The molecule has 1 heterocycles. The third-order valence-corrected chi connectivity index (χ3v) is 7.50. The zero-order valence-electron chi connectivity index (χ0n) is 19.1. The lowest BCUT2D eigenvalue weighted by Gasteiger charge is -2.20. The molecule has 1 amide bonds. The Bertz CT molecular complexity index is 1390. The van der Waals surface area contributed by atoms with Gasteiger partial charge in [-0.2, -0.15) is 4.31 Å². The minimum Gasteiger partial charge on any atom is -0.495 e. The van der Waals surface area contributed by atoms with E-state index < -0.39 is 15.9 Å². The van der Waals surface area contributed by atoms with Crippen molar-refractivity contribution in [3.63, 3.8) is 0 Å². The molecule has 176 valence electrons. The molecule has 1 N–H and O–H groups in total. The molecular weight excluding hydrogens is 454 g/mol. The SMILES string of the molecule is CCN(CC)S(=O)(=O)c1cc(C(=O)Nc2ccc(-c3nc4ccccc4o3)cc2)ccc1OC. The summed E-state index contributed by atoms with van der Waals surface area (Å²) in [6.45, 7) is 4.14. The Morgan fingerprint density at radius 2 is 1.74 bits per heavy atom. The third-order valence-electron chi connectivity index (χ3n) is 5.43. The molecule has 0 spiro atoms. The highest BCUT2D eigenvalue weighted by molar-refractivity contribution is 7.89. The molecule has 0 saturated carbocycles. The maximum absolute atomic E-state index is 13.0. The van der Waals surface area contributed by atoms with E-state index in [4.69, 9.17) is 9.15 Å². The summed E-state index contributed by atoms with van der Waals surface area (Å²) in [6, 6.07) is 18.9. The van der Waals surface area contributed by atoms with Crippen molar-refractivity contribution >= 4 is 32.7 Å². The lowest BCUT2D eigenvalue weighted by atomic mass is 10.1. The summed E-state index contributed by atoms with van der Waals surface area (Å²) in [5.41, 5.74) is 2.99. The second-order valence-electron chi connectivity index (χ2n) is 7.47. The lowest BCUT2D eigenvalue weighted by molar-refractivity contribution is 0.102. The summed E-state index contributed by atoms with van der Waals surface area (Å²) in [5.74, 6) is 0.236. The topological polar surface area (TPSA) is 102 Å². The van der Waals surface area contributed by atoms with E-state index in [1.165, 1.54) is 29.6 Å². The molecule has 0 radical (unpaired) electrons. The van der Waals surface area contributed by atoms with Crippen LogP contribution >= 0.6 is 0 Å². The van der Waals surface area contributed by atoms with Crippen LogP contribution in [0.2, 0.25) is 0 Å². The van der Waals surface area contributed by atoms with Gasteiger partial charge in [0.05, 0.1) is 7.11 Å². The van der Waals surface area contributed by atoms with Gasteiger partial charge in [-0.3, -0.25) is 4.79 Å². The second-order valence-corrected chi connectivity index (χ2v) is 9.38. The number of carbonyl (C=O) groups is 1. The van der Waals surface area contributed by atoms with Crippen LogP contribution in [0.25, 0.3) is 22.6 Å². The molecule has 8 nitrogen and oxygen atoms in total. The highest BCUT2D eigenvalue weighted by Gasteiger charge is 2.27. The van der Waals surface area contributed by atoms with E-state index in [0.717, 1.165) is 11.1 Å². The van der Waals surface area contributed by atoms with Gasteiger partial charge in [0.15, 0.2) is 5.58 Å². The van der Waals surface area contributed by atoms with E-state index in [0.29, 0.717) is 30.3 Å². The first-order valence-corrected chi connectivity index (χ1v) is 12.3. The van der Waals surface area contributed by atoms with Gasteiger partial charge >= 0.3 is 0 Å².